The Labute approximate surface area is 118 Å². The number of ether oxygens (including phenoxy) is 1. The zero-order chi connectivity index (χ0) is 13.6. The van der Waals surface area contributed by atoms with Gasteiger partial charge in [0.25, 0.3) is 0 Å². The maximum Gasteiger partial charge on any atom is 0.336 e. The topological polar surface area (TPSA) is 59.4 Å². The first-order valence-electron chi connectivity index (χ1n) is 6.00. The Morgan fingerprint density at radius 1 is 1.47 bits per heavy atom. The van der Waals surface area contributed by atoms with Crippen molar-refractivity contribution in [3.05, 3.63) is 39.0 Å². The summed E-state index contributed by atoms with van der Waals surface area (Å²) in [5, 5.41) is 10.2. The number of carboxylic acid groups (broad SMARTS) is 1. The van der Waals surface area contributed by atoms with Crippen LogP contribution < -0.4 is 0 Å². The SMILES string of the molecule is Cc1cc(Br)cc2c(C(=O)O)c3c(nc12)CCOC3. The maximum absolute atomic E-state index is 11.6. The van der Waals surface area contributed by atoms with Crippen LogP contribution in [0.1, 0.15) is 27.2 Å². The smallest absolute Gasteiger partial charge is 0.336 e. The van der Waals surface area contributed by atoms with E-state index in [1.807, 2.05) is 19.1 Å². The number of hydrogen-bond donors (Lipinski definition) is 1. The van der Waals surface area contributed by atoms with E-state index in [2.05, 4.69) is 20.9 Å². The molecule has 0 radical (unpaired) electrons. The first-order chi connectivity index (χ1) is 9.08. The summed E-state index contributed by atoms with van der Waals surface area (Å²) >= 11 is 3.41. The molecule has 5 heteroatoms. The molecular formula is C14H12BrNO3. The van der Waals surface area contributed by atoms with Gasteiger partial charge in [0.1, 0.15) is 0 Å². The molecule has 2 aromatic rings. The van der Waals surface area contributed by atoms with Crippen LogP contribution in [0.2, 0.25) is 0 Å². The van der Waals surface area contributed by atoms with Crippen LogP contribution in [0.3, 0.4) is 0 Å². The molecule has 1 aromatic carbocycles. The van der Waals surface area contributed by atoms with Crippen LogP contribution in [0.4, 0.5) is 0 Å². The predicted molar refractivity (Wildman–Crippen MR) is 74.5 cm³/mol. The van der Waals surface area contributed by atoms with Crippen molar-refractivity contribution in [2.75, 3.05) is 6.61 Å². The molecule has 0 atom stereocenters. The molecule has 0 amide bonds. The summed E-state index contributed by atoms with van der Waals surface area (Å²) in [6.45, 7) is 2.86. The number of aromatic nitrogens is 1. The van der Waals surface area contributed by atoms with Gasteiger partial charge in [0.2, 0.25) is 0 Å². The van der Waals surface area contributed by atoms with Crippen molar-refractivity contribution in [3.8, 4) is 0 Å². The molecule has 1 N–H and O–H groups in total. The summed E-state index contributed by atoms with van der Waals surface area (Å²) in [4.78, 5) is 16.2. The van der Waals surface area contributed by atoms with E-state index < -0.39 is 5.97 Å². The number of fused-ring (bicyclic) bond motifs is 2. The molecule has 4 nitrogen and oxygen atoms in total. The lowest BCUT2D eigenvalue weighted by molar-refractivity contribution is 0.0683. The molecule has 2 heterocycles. The molecule has 1 aromatic heterocycles. The van der Waals surface area contributed by atoms with Crippen LogP contribution in [0.15, 0.2) is 16.6 Å². The van der Waals surface area contributed by atoms with Crippen molar-refractivity contribution in [1.82, 2.24) is 4.98 Å². The Kier molecular flexibility index (Phi) is 3.03. The highest BCUT2D eigenvalue weighted by molar-refractivity contribution is 9.10. The monoisotopic (exact) mass is 321 g/mol. The van der Waals surface area contributed by atoms with Crippen LogP contribution in [-0.4, -0.2) is 22.7 Å². The standard InChI is InChI=1S/C14H12BrNO3/c1-7-4-8(15)5-9-12(14(17)18)10-6-19-3-2-11(10)16-13(7)9/h4-5H,2-3,6H2,1H3,(H,17,18). The third-order valence-corrected chi connectivity index (χ3v) is 3.83. The number of nitrogens with zero attached hydrogens (tertiary/aromatic N) is 1. The van der Waals surface area contributed by atoms with Gasteiger partial charge in [-0.05, 0) is 24.6 Å². The van der Waals surface area contributed by atoms with E-state index >= 15 is 0 Å². The van der Waals surface area contributed by atoms with E-state index in [0.717, 1.165) is 21.2 Å². The van der Waals surface area contributed by atoms with Gasteiger partial charge in [0, 0.05) is 27.5 Å². The molecule has 19 heavy (non-hydrogen) atoms. The predicted octanol–water partition coefficient (Wildman–Crippen LogP) is 3.08. The fraction of sp³-hybridized carbons (Fsp3) is 0.286. The molecule has 1 aliphatic rings. The maximum atomic E-state index is 11.6. The van der Waals surface area contributed by atoms with Gasteiger partial charge in [-0.1, -0.05) is 15.9 Å². The summed E-state index contributed by atoms with van der Waals surface area (Å²) in [5.41, 5.74) is 3.62. The molecule has 0 fully saturated rings. The summed E-state index contributed by atoms with van der Waals surface area (Å²) < 4.78 is 6.24. The lowest BCUT2D eigenvalue weighted by atomic mass is 9.97. The number of carboxylic acids is 1. The molecule has 3 rings (SSSR count). The largest absolute Gasteiger partial charge is 0.478 e. The zero-order valence-electron chi connectivity index (χ0n) is 10.4. The van der Waals surface area contributed by atoms with Gasteiger partial charge in [-0.2, -0.15) is 0 Å². The Bertz CT molecular complexity index is 697. The number of rotatable bonds is 1. The third-order valence-electron chi connectivity index (χ3n) is 3.37. The van der Waals surface area contributed by atoms with E-state index in [1.54, 1.807) is 0 Å². The van der Waals surface area contributed by atoms with Crippen LogP contribution >= 0.6 is 15.9 Å². The van der Waals surface area contributed by atoms with Crippen LogP contribution in [-0.2, 0) is 17.8 Å². The fourth-order valence-electron chi connectivity index (χ4n) is 2.53. The summed E-state index contributed by atoms with van der Waals surface area (Å²) in [7, 11) is 0. The second-order valence-electron chi connectivity index (χ2n) is 4.64. The fourth-order valence-corrected chi connectivity index (χ4v) is 3.11. The number of benzene rings is 1. The molecule has 0 aliphatic carbocycles. The number of halogens is 1. The normalized spacial score (nSPS) is 14.4. The van der Waals surface area contributed by atoms with Crippen molar-refractivity contribution < 1.29 is 14.6 Å². The lowest BCUT2D eigenvalue weighted by Crippen LogP contribution is -2.17. The summed E-state index contributed by atoms with van der Waals surface area (Å²) in [5.74, 6) is -0.924. The third kappa shape index (κ3) is 2.03. The van der Waals surface area contributed by atoms with Gasteiger partial charge in [0.15, 0.2) is 0 Å². The van der Waals surface area contributed by atoms with Crippen molar-refractivity contribution >= 4 is 32.8 Å². The van der Waals surface area contributed by atoms with Gasteiger partial charge >= 0.3 is 5.97 Å². The minimum atomic E-state index is -0.924. The molecule has 0 spiro atoms. The average Bonchev–Trinajstić information content (AvgIpc) is 2.36. The summed E-state index contributed by atoms with van der Waals surface area (Å²) in [6, 6.07) is 3.76. The van der Waals surface area contributed by atoms with Crippen molar-refractivity contribution in [1.29, 1.82) is 0 Å². The second kappa shape index (κ2) is 4.58. The van der Waals surface area contributed by atoms with Crippen LogP contribution in [0.5, 0.6) is 0 Å². The van der Waals surface area contributed by atoms with Crippen molar-refractivity contribution in [2.24, 2.45) is 0 Å². The number of hydrogen-bond acceptors (Lipinski definition) is 3. The van der Waals surface area contributed by atoms with Gasteiger partial charge in [0.05, 0.1) is 24.3 Å². The quantitative estimate of drug-likeness (QED) is 0.876. The number of pyridine rings is 1. The van der Waals surface area contributed by atoms with Gasteiger partial charge in [-0.25, -0.2) is 4.79 Å². The molecule has 98 valence electrons. The minimum Gasteiger partial charge on any atom is -0.478 e. The van der Waals surface area contributed by atoms with Crippen LogP contribution in [0, 0.1) is 6.92 Å². The Balaban J connectivity index is 2.46. The lowest BCUT2D eigenvalue weighted by Gasteiger charge is -2.20. The van der Waals surface area contributed by atoms with E-state index in [0.29, 0.717) is 36.1 Å². The van der Waals surface area contributed by atoms with Gasteiger partial charge in [-0.3, -0.25) is 4.98 Å². The second-order valence-corrected chi connectivity index (χ2v) is 5.55. The zero-order valence-corrected chi connectivity index (χ0v) is 12.0. The molecule has 0 saturated heterocycles. The van der Waals surface area contributed by atoms with E-state index in [-0.39, 0.29) is 0 Å². The molecular weight excluding hydrogens is 310 g/mol. The highest BCUT2D eigenvalue weighted by atomic mass is 79.9. The molecule has 0 unspecified atom stereocenters. The number of aromatic carboxylic acids is 1. The van der Waals surface area contributed by atoms with Gasteiger partial charge < -0.3 is 9.84 Å². The van der Waals surface area contributed by atoms with E-state index in [9.17, 15) is 9.90 Å². The summed E-state index contributed by atoms with van der Waals surface area (Å²) in [6.07, 6.45) is 0.668. The Morgan fingerprint density at radius 2 is 2.26 bits per heavy atom. The highest BCUT2D eigenvalue weighted by Crippen LogP contribution is 2.31. The average molecular weight is 322 g/mol. The minimum absolute atomic E-state index is 0.323. The highest BCUT2D eigenvalue weighted by Gasteiger charge is 2.23. The number of carbonyl (C=O) groups is 1. The Morgan fingerprint density at radius 3 is 3.00 bits per heavy atom. The van der Waals surface area contributed by atoms with Crippen molar-refractivity contribution in [3.63, 3.8) is 0 Å². The first kappa shape index (κ1) is 12.6. The van der Waals surface area contributed by atoms with Crippen LogP contribution in [0.25, 0.3) is 10.9 Å². The molecule has 0 bridgehead atoms. The van der Waals surface area contributed by atoms with E-state index in [1.165, 1.54) is 0 Å². The first-order valence-corrected chi connectivity index (χ1v) is 6.80. The Hall–Kier alpha value is -1.46. The van der Waals surface area contributed by atoms with Gasteiger partial charge in [-0.15, -0.1) is 0 Å². The van der Waals surface area contributed by atoms with E-state index in [4.69, 9.17) is 4.74 Å². The molecule has 1 aliphatic heterocycles. The van der Waals surface area contributed by atoms with Crippen molar-refractivity contribution in [2.45, 2.75) is 20.0 Å². The molecule has 0 saturated carbocycles. The number of aryl methyl sites for hydroxylation is 1.